The highest BCUT2D eigenvalue weighted by atomic mass is 16.3. The van der Waals surface area contributed by atoms with Crippen LogP contribution in [0, 0.1) is 0 Å². The van der Waals surface area contributed by atoms with Gasteiger partial charge in [-0.25, -0.2) is 4.98 Å². The zero-order valence-electron chi connectivity index (χ0n) is 12.5. The van der Waals surface area contributed by atoms with Crippen LogP contribution in [-0.4, -0.2) is 17.4 Å². The molecule has 0 atom stereocenters. The normalized spacial score (nSPS) is 14.4. The van der Waals surface area contributed by atoms with Crippen molar-refractivity contribution in [2.45, 2.75) is 31.6 Å². The average Bonchev–Trinajstić information content (AvgIpc) is 2.95. The number of benzene rings is 1. The molecule has 1 fully saturated rings. The van der Waals surface area contributed by atoms with Crippen LogP contribution in [0.4, 0.5) is 0 Å². The molecule has 4 heteroatoms. The van der Waals surface area contributed by atoms with Gasteiger partial charge in [-0.05, 0) is 30.4 Å². The Morgan fingerprint density at radius 2 is 2.14 bits per heavy atom. The highest BCUT2D eigenvalue weighted by Gasteiger charge is 2.25. The van der Waals surface area contributed by atoms with Gasteiger partial charge in [-0.1, -0.05) is 43.3 Å². The molecule has 0 aliphatic heterocycles. The number of amides is 1. The molecule has 1 aliphatic carbocycles. The van der Waals surface area contributed by atoms with Crippen molar-refractivity contribution >= 4 is 12.0 Å². The molecule has 0 bridgehead atoms. The number of aromatic nitrogens is 1. The second kappa shape index (κ2) is 6.60. The van der Waals surface area contributed by atoms with Gasteiger partial charge in [0.05, 0.1) is 0 Å². The van der Waals surface area contributed by atoms with E-state index in [1.165, 1.54) is 18.2 Å². The van der Waals surface area contributed by atoms with E-state index < -0.39 is 0 Å². The summed E-state index contributed by atoms with van der Waals surface area (Å²) < 4.78 is 5.40. The lowest BCUT2D eigenvalue weighted by Gasteiger charge is -2.21. The summed E-state index contributed by atoms with van der Waals surface area (Å²) in [7, 11) is 0. The summed E-state index contributed by atoms with van der Waals surface area (Å²) in [6, 6.07) is 8.14. The van der Waals surface area contributed by atoms with E-state index in [9.17, 15) is 4.79 Å². The van der Waals surface area contributed by atoms with E-state index in [1.54, 1.807) is 0 Å². The number of oxazole rings is 1. The molecule has 2 aromatic rings. The fraction of sp³-hybridized carbons (Fsp3) is 0.333. The first kappa shape index (κ1) is 14.6. The molecule has 0 spiro atoms. The van der Waals surface area contributed by atoms with Gasteiger partial charge in [0, 0.05) is 12.5 Å². The molecule has 1 aliphatic rings. The third-order valence-corrected chi connectivity index (χ3v) is 4.12. The SMILES string of the molecule is C=Cc1ccc(CCNC(=O)c2coc(C3CCC3)n2)cc1. The Morgan fingerprint density at radius 3 is 2.77 bits per heavy atom. The molecule has 1 aromatic carbocycles. The Balaban J connectivity index is 1.49. The lowest BCUT2D eigenvalue weighted by Crippen LogP contribution is -2.26. The second-order valence-electron chi connectivity index (χ2n) is 5.65. The number of hydrogen-bond acceptors (Lipinski definition) is 3. The van der Waals surface area contributed by atoms with E-state index in [0.29, 0.717) is 24.0 Å². The van der Waals surface area contributed by atoms with Gasteiger partial charge in [0.2, 0.25) is 0 Å². The molecule has 1 N–H and O–H groups in total. The maximum Gasteiger partial charge on any atom is 0.273 e. The zero-order chi connectivity index (χ0) is 15.4. The minimum atomic E-state index is -0.169. The van der Waals surface area contributed by atoms with E-state index in [1.807, 2.05) is 30.3 Å². The summed E-state index contributed by atoms with van der Waals surface area (Å²) in [4.78, 5) is 16.3. The van der Waals surface area contributed by atoms with Crippen molar-refractivity contribution in [1.82, 2.24) is 10.3 Å². The van der Waals surface area contributed by atoms with Gasteiger partial charge in [-0.2, -0.15) is 0 Å². The number of hydrogen-bond donors (Lipinski definition) is 1. The Hall–Kier alpha value is -2.36. The van der Waals surface area contributed by atoms with Crippen LogP contribution in [0.3, 0.4) is 0 Å². The van der Waals surface area contributed by atoms with Gasteiger partial charge < -0.3 is 9.73 Å². The maximum atomic E-state index is 12.0. The summed E-state index contributed by atoms with van der Waals surface area (Å²) in [5.41, 5.74) is 2.66. The number of carbonyl (C=O) groups is 1. The molecular formula is C18H20N2O2. The van der Waals surface area contributed by atoms with Gasteiger partial charge in [-0.15, -0.1) is 0 Å². The number of nitrogens with zero attached hydrogens (tertiary/aromatic N) is 1. The summed E-state index contributed by atoms with van der Waals surface area (Å²) in [5.74, 6) is 0.943. The molecule has 1 saturated carbocycles. The molecular weight excluding hydrogens is 276 g/mol. The summed E-state index contributed by atoms with van der Waals surface area (Å²) in [6.45, 7) is 4.31. The van der Waals surface area contributed by atoms with Crippen molar-refractivity contribution in [3.05, 3.63) is 59.8 Å². The third kappa shape index (κ3) is 3.27. The Morgan fingerprint density at radius 1 is 1.36 bits per heavy atom. The van der Waals surface area contributed by atoms with E-state index in [-0.39, 0.29) is 5.91 Å². The lowest BCUT2D eigenvalue weighted by molar-refractivity contribution is 0.0949. The van der Waals surface area contributed by atoms with Crippen LogP contribution < -0.4 is 5.32 Å². The molecule has 0 unspecified atom stereocenters. The number of carbonyl (C=O) groups excluding carboxylic acids is 1. The molecule has 0 saturated heterocycles. The molecule has 3 rings (SSSR count). The highest BCUT2D eigenvalue weighted by molar-refractivity contribution is 5.91. The smallest absolute Gasteiger partial charge is 0.273 e. The van der Waals surface area contributed by atoms with Crippen molar-refractivity contribution in [1.29, 1.82) is 0 Å². The van der Waals surface area contributed by atoms with Gasteiger partial charge in [0.25, 0.3) is 5.91 Å². The minimum absolute atomic E-state index is 0.169. The first-order valence-electron chi connectivity index (χ1n) is 7.71. The zero-order valence-corrected chi connectivity index (χ0v) is 12.5. The molecule has 1 aromatic heterocycles. The van der Waals surface area contributed by atoms with Crippen LogP contribution in [0.15, 0.2) is 41.5 Å². The van der Waals surface area contributed by atoms with Gasteiger partial charge in [0.15, 0.2) is 11.6 Å². The standard InChI is InChI=1S/C18H20N2O2/c1-2-13-6-8-14(9-7-13)10-11-19-17(21)16-12-22-18(20-16)15-4-3-5-15/h2,6-9,12,15H,1,3-5,10-11H2,(H,19,21). The van der Waals surface area contributed by atoms with Crippen molar-refractivity contribution in [2.75, 3.05) is 6.54 Å². The third-order valence-electron chi connectivity index (χ3n) is 4.12. The summed E-state index contributed by atoms with van der Waals surface area (Å²) in [6.07, 6.45) is 7.51. The van der Waals surface area contributed by atoms with E-state index >= 15 is 0 Å². The molecule has 22 heavy (non-hydrogen) atoms. The monoisotopic (exact) mass is 296 g/mol. The van der Waals surface area contributed by atoms with Crippen LogP contribution in [0.2, 0.25) is 0 Å². The average molecular weight is 296 g/mol. The number of nitrogens with one attached hydrogen (secondary N) is 1. The lowest BCUT2D eigenvalue weighted by atomic mass is 9.85. The molecule has 0 radical (unpaired) electrons. The van der Waals surface area contributed by atoms with E-state index in [4.69, 9.17) is 4.42 Å². The Kier molecular flexibility index (Phi) is 4.37. The topological polar surface area (TPSA) is 55.1 Å². The van der Waals surface area contributed by atoms with Crippen LogP contribution >= 0.6 is 0 Å². The molecule has 1 heterocycles. The summed E-state index contributed by atoms with van der Waals surface area (Å²) in [5, 5.41) is 2.88. The quantitative estimate of drug-likeness (QED) is 0.886. The largest absolute Gasteiger partial charge is 0.448 e. The van der Waals surface area contributed by atoms with Crippen LogP contribution in [0.25, 0.3) is 6.08 Å². The first-order chi connectivity index (χ1) is 10.8. The first-order valence-corrected chi connectivity index (χ1v) is 7.71. The van der Waals surface area contributed by atoms with Crippen molar-refractivity contribution in [2.24, 2.45) is 0 Å². The predicted molar refractivity (Wildman–Crippen MR) is 85.7 cm³/mol. The van der Waals surface area contributed by atoms with E-state index in [0.717, 1.165) is 24.8 Å². The molecule has 114 valence electrons. The van der Waals surface area contributed by atoms with Crippen LogP contribution in [0.1, 0.15) is 52.7 Å². The van der Waals surface area contributed by atoms with Crippen LogP contribution in [0.5, 0.6) is 0 Å². The van der Waals surface area contributed by atoms with Crippen molar-refractivity contribution in [3.63, 3.8) is 0 Å². The Bertz CT molecular complexity index is 654. The molecule has 4 nitrogen and oxygen atoms in total. The second-order valence-corrected chi connectivity index (χ2v) is 5.65. The fourth-order valence-electron chi connectivity index (χ4n) is 2.47. The van der Waals surface area contributed by atoms with Crippen LogP contribution in [-0.2, 0) is 6.42 Å². The number of rotatable bonds is 6. The van der Waals surface area contributed by atoms with Crippen molar-refractivity contribution < 1.29 is 9.21 Å². The minimum Gasteiger partial charge on any atom is -0.448 e. The maximum absolute atomic E-state index is 12.0. The fourth-order valence-corrected chi connectivity index (χ4v) is 2.47. The van der Waals surface area contributed by atoms with E-state index in [2.05, 4.69) is 16.9 Å². The van der Waals surface area contributed by atoms with Gasteiger partial charge >= 0.3 is 0 Å². The van der Waals surface area contributed by atoms with Gasteiger partial charge in [0.1, 0.15) is 6.26 Å². The molecule has 1 amide bonds. The summed E-state index contributed by atoms with van der Waals surface area (Å²) >= 11 is 0. The highest BCUT2D eigenvalue weighted by Crippen LogP contribution is 2.35. The predicted octanol–water partition coefficient (Wildman–Crippen LogP) is 3.56. The van der Waals surface area contributed by atoms with Gasteiger partial charge in [-0.3, -0.25) is 4.79 Å². The van der Waals surface area contributed by atoms with Crippen molar-refractivity contribution in [3.8, 4) is 0 Å². The Labute approximate surface area is 130 Å².